The maximum absolute atomic E-state index is 5.85. The minimum Gasteiger partial charge on any atom is -0.455 e. The van der Waals surface area contributed by atoms with Crippen molar-refractivity contribution in [3.05, 3.63) is 51.2 Å². The van der Waals surface area contributed by atoms with Gasteiger partial charge >= 0.3 is 0 Å². The standard InChI is InChI=1S/C16H18Br2N2O/c1-3-6-20-11(2)12-4-5-16(15(18)7-12)21-14-8-13(17)9-19-10-14/h4-5,7-11,20H,3,6H2,1-2H3. The van der Waals surface area contributed by atoms with E-state index in [9.17, 15) is 0 Å². The van der Waals surface area contributed by atoms with Crippen molar-refractivity contribution in [2.24, 2.45) is 0 Å². The first-order valence-electron chi connectivity index (χ1n) is 6.91. The van der Waals surface area contributed by atoms with Crippen LogP contribution in [-0.4, -0.2) is 11.5 Å². The van der Waals surface area contributed by atoms with Gasteiger partial charge in [0.15, 0.2) is 0 Å². The van der Waals surface area contributed by atoms with Gasteiger partial charge in [0.25, 0.3) is 0 Å². The number of pyridine rings is 1. The van der Waals surface area contributed by atoms with Gasteiger partial charge in [-0.25, -0.2) is 0 Å². The summed E-state index contributed by atoms with van der Waals surface area (Å²) in [5.74, 6) is 1.48. The normalized spacial score (nSPS) is 12.2. The van der Waals surface area contributed by atoms with E-state index in [-0.39, 0.29) is 0 Å². The molecule has 0 saturated carbocycles. The molecule has 1 aromatic carbocycles. The molecule has 0 saturated heterocycles. The van der Waals surface area contributed by atoms with Crippen LogP contribution in [0.4, 0.5) is 0 Å². The van der Waals surface area contributed by atoms with Gasteiger partial charge in [0, 0.05) is 16.7 Å². The van der Waals surface area contributed by atoms with Crippen LogP contribution in [0.5, 0.6) is 11.5 Å². The van der Waals surface area contributed by atoms with Crippen LogP contribution in [-0.2, 0) is 0 Å². The molecule has 0 aliphatic heterocycles. The molecule has 0 amide bonds. The van der Waals surface area contributed by atoms with Crippen LogP contribution in [0, 0.1) is 0 Å². The Bertz CT molecular complexity index is 605. The lowest BCUT2D eigenvalue weighted by molar-refractivity contribution is 0.476. The zero-order valence-corrected chi connectivity index (χ0v) is 15.2. The Hall–Kier alpha value is -0.910. The number of nitrogens with zero attached hydrogens (tertiary/aromatic N) is 1. The first kappa shape index (κ1) is 16.5. The summed E-state index contributed by atoms with van der Waals surface area (Å²) in [7, 11) is 0. The van der Waals surface area contributed by atoms with E-state index in [2.05, 4.69) is 68.1 Å². The van der Waals surface area contributed by atoms with Gasteiger partial charge in [-0.05, 0) is 75.5 Å². The van der Waals surface area contributed by atoms with Gasteiger partial charge in [-0.3, -0.25) is 4.98 Å². The van der Waals surface area contributed by atoms with Crippen molar-refractivity contribution in [1.82, 2.24) is 10.3 Å². The first-order valence-corrected chi connectivity index (χ1v) is 8.50. The zero-order chi connectivity index (χ0) is 15.2. The van der Waals surface area contributed by atoms with Gasteiger partial charge in [0.2, 0.25) is 0 Å². The van der Waals surface area contributed by atoms with Crippen molar-refractivity contribution < 1.29 is 4.74 Å². The average Bonchev–Trinajstić information content (AvgIpc) is 2.47. The summed E-state index contributed by atoms with van der Waals surface area (Å²) in [6.07, 6.45) is 4.55. The maximum atomic E-state index is 5.85. The Kier molecular flexibility index (Phi) is 6.21. The molecule has 1 atom stereocenters. The van der Waals surface area contributed by atoms with Crippen LogP contribution in [0.2, 0.25) is 0 Å². The number of hydrogen-bond donors (Lipinski definition) is 1. The predicted molar refractivity (Wildman–Crippen MR) is 92.9 cm³/mol. The summed E-state index contributed by atoms with van der Waals surface area (Å²) in [4.78, 5) is 4.09. The van der Waals surface area contributed by atoms with E-state index >= 15 is 0 Å². The lowest BCUT2D eigenvalue weighted by Gasteiger charge is -2.15. The van der Waals surface area contributed by atoms with E-state index in [1.165, 1.54) is 5.56 Å². The molecule has 2 rings (SSSR count). The zero-order valence-electron chi connectivity index (χ0n) is 12.1. The molecule has 0 bridgehead atoms. The second kappa shape index (κ2) is 7.92. The molecule has 3 nitrogen and oxygen atoms in total. The molecular weight excluding hydrogens is 396 g/mol. The molecule has 112 valence electrons. The molecule has 1 aromatic heterocycles. The fraction of sp³-hybridized carbons (Fsp3) is 0.312. The largest absolute Gasteiger partial charge is 0.455 e. The number of aromatic nitrogens is 1. The summed E-state index contributed by atoms with van der Waals surface area (Å²) in [6.45, 7) is 5.34. The Morgan fingerprint density at radius 2 is 2.05 bits per heavy atom. The summed E-state index contributed by atoms with van der Waals surface area (Å²) < 4.78 is 7.67. The van der Waals surface area contributed by atoms with Crippen molar-refractivity contribution in [2.45, 2.75) is 26.3 Å². The second-order valence-corrected chi connectivity index (χ2v) is 6.58. The Morgan fingerprint density at radius 3 is 2.71 bits per heavy atom. The van der Waals surface area contributed by atoms with Crippen molar-refractivity contribution in [1.29, 1.82) is 0 Å². The maximum Gasteiger partial charge on any atom is 0.146 e. The van der Waals surface area contributed by atoms with Gasteiger partial charge in [-0.1, -0.05) is 13.0 Å². The van der Waals surface area contributed by atoms with Gasteiger partial charge in [0.1, 0.15) is 11.5 Å². The van der Waals surface area contributed by atoms with Gasteiger partial charge in [0.05, 0.1) is 10.7 Å². The highest BCUT2D eigenvalue weighted by Crippen LogP contribution is 2.32. The van der Waals surface area contributed by atoms with E-state index in [1.54, 1.807) is 12.4 Å². The topological polar surface area (TPSA) is 34.1 Å². The van der Waals surface area contributed by atoms with Crippen LogP contribution in [0.1, 0.15) is 31.9 Å². The molecule has 0 spiro atoms. The molecule has 0 fully saturated rings. The van der Waals surface area contributed by atoms with Crippen LogP contribution in [0.3, 0.4) is 0 Å². The van der Waals surface area contributed by atoms with Crippen LogP contribution in [0.15, 0.2) is 45.6 Å². The quantitative estimate of drug-likeness (QED) is 0.682. The smallest absolute Gasteiger partial charge is 0.146 e. The van der Waals surface area contributed by atoms with Crippen LogP contribution >= 0.6 is 31.9 Å². The summed E-state index contributed by atoms with van der Waals surface area (Å²) in [6, 6.07) is 8.36. The number of benzene rings is 1. The summed E-state index contributed by atoms with van der Waals surface area (Å²) in [5.41, 5.74) is 1.23. The fourth-order valence-electron chi connectivity index (χ4n) is 1.92. The number of ether oxygens (including phenoxy) is 1. The highest BCUT2D eigenvalue weighted by Gasteiger charge is 2.09. The minimum absolute atomic E-state index is 0.322. The predicted octanol–water partition coefficient (Wildman–Crippen LogP) is 5.46. The molecule has 21 heavy (non-hydrogen) atoms. The Labute approximate surface area is 142 Å². The summed E-state index contributed by atoms with van der Waals surface area (Å²) in [5, 5.41) is 3.47. The molecule has 5 heteroatoms. The van der Waals surface area contributed by atoms with E-state index in [1.807, 2.05) is 12.1 Å². The molecule has 2 aromatic rings. The summed E-state index contributed by atoms with van der Waals surface area (Å²) >= 11 is 6.96. The molecule has 0 radical (unpaired) electrons. The van der Waals surface area contributed by atoms with Crippen molar-refractivity contribution in [2.75, 3.05) is 6.54 Å². The van der Waals surface area contributed by atoms with E-state index in [0.29, 0.717) is 11.8 Å². The monoisotopic (exact) mass is 412 g/mol. The van der Waals surface area contributed by atoms with Crippen molar-refractivity contribution in [3.8, 4) is 11.5 Å². The first-order chi connectivity index (χ1) is 10.1. The third-order valence-electron chi connectivity index (χ3n) is 3.06. The van der Waals surface area contributed by atoms with E-state index in [4.69, 9.17) is 4.74 Å². The van der Waals surface area contributed by atoms with E-state index in [0.717, 1.165) is 27.7 Å². The molecule has 1 N–H and O–H groups in total. The molecule has 0 aliphatic rings. The van der Waals surface area contributed by atoms with Crippen LogP contribution < -0.4 is 10.1 Å². The van der Waals surface area contributed by atoms with Gasteiger partial charge in [-0.15, -0.1) is 0 Å². The lowest BCUT2D eigenvalue weighted by Crippen LogP contribution is -2.19. The number of nitrogens with one attached hydrogen (secondary N) is 1. The number of halogens is 2. The van der Waals surface area contributed by atoms with Crippen LogP contribution in [0.25, 0.3) is 0 Å². The highest BCUT2D eigenvalue weighted by molar-refractivity contribution is 9.10. The average molecular weight is 414 g/mol. The molecule has 1 unspecified atom stereocenters. The lowest BCUT2D eigenvalue weighted by atomic mass is 10.1. The fourth-order valence-corrected chi connectivity index (χ4v) is 2.74. The SMILES string of the molecule is CCCNC(C)c1ccc(Oc2cncc(Br)c2)c(Br)c1. The minimum atomic E-state index is 0.322. The third kappa shape index (κ3) is 4.80. The molecule has 1 heterocycles. The van der Waals surface area contributed by atoms with Gasteiger partial charge in [-0.2, -0.15) is 0 Å². The number of rotatable bonds is 6. The Morgan fingerprint density at radius 1 is 1.24 bits per heavy atom. The highest BCUT2D eigenvalue weighted by atomic mass is 79.9. The molecular formula is C16H18Br2N2O. The van der Waals surface area contributed by atoms with E-state index < -0.39 is 0 Å². The Balaban J connectivity index is 2.12. The number of hydrogen-bond acceptors (Lipinski definition) is 3. The third-order valence-corrected chi connectivity index (χ3v) is 4.12. The van der Waals surface area contributed by atoms with Crippen molar-refractivity contribution in [3.63, 3.8) is 0 Å². The van der Waals surface area contributed by atoms with Gasteiger partial charge < -0.3 is 10.1 Å². The van der Waals surface area contributed by atoms with Crippen molar-refractivity contribution >= 4 is 31.9 Å². The second-order valence-electron chi connectivity index (χ2n) is 4.81. The molecule has 0 aliphatic carbocycles.